The summed E-state index contributed by atoms with van der Waals surface area (Å²) in [6.07, 6.45) is -1.81. The van der Waals surface area contributed by atoms with Crippen molar-refractivity contribution in [3.05, 3.63) is 149 Å². The van der Waals surface area contributed by atoms with Crippen LogP contribution in [0.15, 0.2) is 91.2 Å². The number of carbonyl (C=O) groups excluding carboxylic acids is 2. The van der Waals surface area contributed by atoms with Gasteiger partial charge >= 0.3 is 29.1 Å². The van der Waals surface area contributed by atoms with Crippen molar-refractivity contribution in [2.75, 3.05) is 33.9 Å². The average Bonchev–Trinajstić information content (AvgIpc) is 3.17. The predicted octanol–water partition coefficient (Wildman–Crippen LogP) is 7.60. The molecule has 2 N–H and O–H groups in total. The molecule has 0 saturated carbocycles. The van der Waals surface area contributed by atoms with Crippen molar-refractivity contribution in [1.82, 2.24) is 9.80 Å². The van der Waals surface area contributed by atoms with E-state index in [1.807, 2.05) is 0 Å². The van der Waals surface area contributed by atoms with Crippen LogP contribution in [0.25, 0.3) is 21.9 Å². The van der Waals surface area contributed by atoms with Crippen LogP contribution in [0, 0.1) is 21.7 Å². The van der Waals surface area contributed by atoms with Crippen LogP contribution in [0.3, 0.4) is 0 Å². The highest BCUT2D eigenvalue weighted by atomic mass is 19.1. The third-order valence-corrected chi connectivity index (χ3v) is 8.69. The van der Waals surface area contributed by atoms with Crippen molar-refractivity contribution in [2.45, 2.75) is 26.2 Å². The topological polar surface area (TPSA) is 189 Å². The molecule has 18 heteroatoms. The molecular formula is C40H34F4N4O10. The van der Waals surface area contributed by atoms with Gasteiger partial charge in [-0.05, 0) is 41.5 Å². The monoisotopic (exact) mass is 806 g/mol. The van der Waals surface area contributed by atoms with Crippen LogP contribution in [0.5, 0.6) is 11.5 Å². The number of ether oxygens (including phenoxy) is 2. The first-order chi connectivity index (χ1) is 27.5. The summed E-state index contributed by atoms with van der Waals surface area (Å²) in [5, 5.41) is 11.5. The number of amides is 2. The lowest BCUT2D eigenvalue weighted by Crippen LogP contribution is -2.25. The van der Waals surface area contributed by atoms with Gasteiger partial charge in [0.05, 0.1) is 10.6 Å². The maximum absolute atomic E-state index is 14.4. The molecule has 2 amide bonds. The van der Waals surface area contributed by atoms with Crippen LogP contribution in [0.1, 0.15) is 33.4 Å². The van der Waals surface area contributed by atoms with E-state index in [1.54, 1.807) is 6.07 Å². The summed E-state index contributed by atoms with van der Waals surface area (Å²) in [7, 11) is 6.02. The molecule has 6 aromatic rings. The molecule has 58 heavy (non-hydrogen) atoms. The Balaban J connectivity index is 0.000000221. The number of benzene rings is 4. The maximum atomic E-state index is 14.4. The molecule has 0 aliphatic carbocycles. The number of nitro groups is 1. The van der Waals surface area contributed by atoms with E-state index in [1.165, 1.54) is 98.7 Å². The SMILES string of the molecule is CN(C)C(=O)Oc1ccc2c(CF)c(Cc3cccc(N)c3F)c(=O)oc2c1.CN(C)C(=O)Oc1ccc2c(CF)c(Cc3cccc([N+](=O)[O-])c3F)c(=O)oc2c1. The number of alkyl halides is 2. The van der Waals surface area contributed by atoms with Crippen LogP contribution in [-0.4, -0.2) is 55.1 Å². The Morgan fingerprint density at radius 2 is 1.12 bits per heavy atom. The Morgan fingerprint density at radius 3 is 1.53 bits per heavy atom. The average molecular weight is 807 g/mol. The van der Waals surface area contributed by atoms with Crippen molar-refractivity contribution in [1.29, 1.82) is 0 Å². The number of nitrogens with zero attached hydrogens (tertiary/aromatic N) is 3. The second kappa shape index (κ2) is 17.7. The van der Waals surface area contributed by atoms with Crippen LogP contribution in [-0.2, 0) is 26.2 Å². The number of rotatable bonds is 9. The van der Waals surface area contributed by atoms with Gasteiger partial charge in [-0.3, -0.25) is 10.1 Å². The fourth-order valence-electron chi connectivity index (χ4n) is 5.70. The number of halogens is 4. The van der Waals surface area contributed by atoms with Gasteiger partial charge in [0.25, 0.3) is 0 Å². The van der Waals surface area contributed by atoms with Crippen molar-refractivity contribution >= 4 is 45.5 Å². The van der Waals surface area contributed by atoms with Crippen molar-refractivity contribution in [3.63, 3.8) is 0 Å². The molecule has 0 unspecified atom stereocenters. The summed E-state index contributed by atoms with van der Waals surface area (Å²) < 4.78 is 77.0. The largest absolute Gasteiger partial charge is 0.422 e. The first-order valence-corrected chi connectivity index (χ1v) is 17.1. The van der Waals surface area contributed by atoms with E-state index in [9.17, 15) is 46.9 Å². The molecule has 0 aliphatic heterocycles. The Kier molecular flexibility index (Phi) is 12.8. The Hall–Kier alpha value is -7.24. The molecule has 0 atom stereocenters. The number of fused-ring (bicyclic) bond motifs is 2. The Labute approximate surface area is 325 Å². The Morgan fingerprint density at radius 1 is 0.690 bits per heavy atom. The summed E-state index contributed by atoms with van der Waals surface area (Å²) in [4.78, 5) is 60.7. The molecule has 6 rings (SSSR count). The van der Waals surface area contributed by atoms with Gasteiger partial charge in [0, 0.05) is 92.3 Å². The smallest absolute Gasteiger partial charge is 0.414 e. The number of nitrogens with two attached hydrogens (primary N) is 1. The summed E-state index contributed by atoms with van der Waals surface area (Å²) >= 11 is 0. The van der Waals surface area contributed by atoms with E-state index in [4.69, 9.17) is 24.0 Å². The first-order valence-electron chi connectivity index (χ1n) is 17.1. The highest BCUT2D eigenvalue weighted by Gasteiger charge is 2.23. The molecule has 0 fully saturated rings. The summed E-state index contributed by atoms with van der Waals surface area (Å²) in [6.45, 7) is -2.00. The zero-order chi connectivity index (χ0) is 42.4. The normalized spacial score (nSPS) is 10.8. The standard InChI is InChI=1S/C20H16F2N2O6.C20H18F2N2O4/c1-23(2)20(26)29-12-6-7-13-15(10-21)14(19(25)30-17(13)9-12)8-11-4-3-5-16(18(11)22)24(27)28;1-24(2)20(26)27-12-6-7-13-15(10-21)14(19(25)28-17(13)9-12)8-11-4-3-5-16(23)18(11)22/h3-7,9H,8,10H2,1-2H3;3-7,9H,8,10,23H2,1-2H3. The van der Waals surface area contributed by atoms with Crippen LogP contribution in [0.2, 0.25) is 0 Å². The minimum absolute atomic E-state index is 0.0116. The van der Waals surface area contributed by atoms with Gasteiger partial charge in [0.15, 0.2) is 0 Å². The van der Waals surface area contributed by atoms with Crippen molar-refractivity contribution in [2.24, 2.45) is 0 Å². The fraction of sp³-hybridized carbons (Fsp3) is 0.200. The number of nitro benzene ring substituents is 1. The van der Waals surface area contributed by atoms with Crippen LogP contribution >= 0.6 is 0 Å². The quantitative estimate of drug-likeness (QED) is 0.0498. The van der Waals surface area contributed by atoms with E-state index >= 15 is 0 Å². The number of hydrogen-bond donors (Lipinski definition) is 1. The summed E-state index contributed by atoms with van der Waals surface area (Å²) in [6, 6.07) is 16.4. The second-order valence-electron chi connectivity index (χ2n) is 13.0. The highest BCUT2D eigenvalue weighted by Crippen LogP contribution is 2.30. The zero-order valence-corrected chi connectivity index (χ0v) is 31.3. The van der Waals surface area contributed by atoms with Gasteiger partial charge in [-0.2, -0.15) is 4.39 Å². The lowest BCUT2D eigenvalue weighted by Gasteiger charge is -2.13. The lowest BCUT2D eigenvalue weighted by molar-refractivity contribution is -0.387. The molecule has 302 valence electrons. The minimum Gasteiger partial charge on any atom is -0.422 e. The van der Waals surface area contributed by atoms with E-state index < -0.39 is 59.0 Å². The molecule has 0 aliphatic rings. The highest BCUT2D eigenvalue weighted by molar-refractivity contribution is 5.84. The second-order valence-corrected chi connectivity index (χ2v) is 13.0. The molecule has 0 radical (unpaired) electrons. The van der Waals surface area contributed by atoms with E-state index in [0.717, 1.165) is 6.07 Å². The minimum atomic E-state index is -1.10. The number of hydrogen-bond acceptors (Lipinski definition) is 11. The Bertz CT molecular complexity index is 2680. The van der Waals surface area contributed by atoms with Crippen LogP contribution in [0.4, 0.5) is 38.5 Å². The molecule has 0 bridgehead atoms. The number of carbonyl (C=O) groups is 2. The predicted molar refractivity (Wildman–Crippen MR) is 203 cm³/mol. The summed E-state index contributed by atoms with van der Waals surface area (Å²) in [5.74, 6) is -1.52. The van der Waals surface area contributed by atoms with Gasteiger partial charge in [-0.15, -0.1) is 0 Å². The lowest BCUT2D eigenvalue weighted by atomic mass is 9.98. The number of anilines is 1. The van der Waals surface area contributed by atoms with Gasteiger partial charge in [0.2, 0.25) is 5.82 Å². The maximum Gasteiger partial charge on any atom is 0.414 e. The first kappa shape index (κ1) is 41.9. The summed E-state index contributed by atoms with van der Waals surface area (Å²) in [5.41, 5.74) is 3.05. The van der Waals surface area contributed by atoms with Crippen molar-refractivity contribution in [3.8, 4) is 11.5 Å². The van der Waals surface area contributed by atoms with E-state index in [2.05, 4.69) is 0 Å². The van der Waals surface area contributed by atoms with E-state index in [-0.39, 0.29) is 80.0 Å². The molecule has 2 heterocycles. The van der Waals surface area contributed by atoms with Crippen molar-refractivity contribution < 1.29 is 50.4 Å². The zero-order valence-electron chi connectivity index (χ0n) is 31.3. The van der Waals surface area contributed by atoms with Gasteiger partial charge in [0.1, 0.15) is 41.8 Å². The molecule has 14 nitrogen and oxygen atoms in total. The van der Waals surface area contributed by atoms with Crippen LogP contribution < -0.4 is 26.5 Å². The molecular weight excluding hydrogens is 772 g/mol. The third kappa shape index (κ3) is 9.07. The van der Waals surface area contributed by atoms with Gasteiger partial charge in [-0.1, -0.05) is 24.3 Å². The third-order valence-electron chi connectivity index (χ3n) is 8.69. The van der Waals surface area contributed by atoms with Gasteiger partial charge in [-0.25, -0.2) is 32.3 Å². The number of nitrogen functional groups attached to an aromatic ring is 1. The van der Waals surface area contributed by atoms with Gasteiger partial charge < -0.3 is 33.8 Å². The van der Waals surface area contributed by atoms with E-state index in [0.29, 0.717) is 5.39 Å². The molecule has 0 spiro atoms. The molecule has 2 aromatic heterocycles. The molecule has 4 aromatic carbocycles. The molecule has 0 saturated heterocycles. The fourth-order valence-corrected chi connectivity index (χ4v) is 5.70.